The summed E-state index contributed by atoms with van der Waals surface area (Å²) in [7, 11) is 0. The zero-order chi connectivity index (χ0) is 15.0. The number of aryl methyl sites for hydroxylation is 3. The summed E-state index contributed by atoms with van der Waals surface area (Å²) < 4.78 is 39.7. The molecule has 0 saturated carbocycles. The standard InChI is InChI=1S/C16H14BrF3/c1-8-4-9(2)14(10(3)5-8)15(17)11-6-12(18)16(20)13(19)7-11/h4-7,15H,1-3H3. The number of alkyl halides is 1. The Morgan fingerprint density at radius 3 is 1.75 bits per heavy atom. The first-order valence-corrected chi connectivity index (χ1v) is 7.09. The molecular formula is C16H14BrF3. The minimum Gasteiger partial charge on any atom is -0.204 e. The third kappa shape index (κ3) is 2.75. The van der Waals surface area contributed by atoms with Crippen LogP contribution in [-0.4, -0.2) is 0 Å². The van der Waals surface area contributed by atoms with Crippen LogP contribution in [0.25, 0.3) is 0 Å². The Kier molecular flexibility index (Phi) is 4.23. The molecule has 106 valence electrons. The van der Waals surface area contributed by atoms with E-state index in [0.717, 1.165) is 34.4 Å². The summed E-state index contributed by atoms with van der Waals surface area (Å²) in [6.07, 6.45) is 0. The van der Waals surface area contributed by atoms with E-state index in [1.54, 1.807) is 0 Å². The molecule has 2 aromatic carbocycles. The molecule has 4 heteroatoms. The third-order valence-electron chi connectivity index (χ3n) is 3.29. The van der Waals surface area contributed by atoms with E-state index in [9.17, 15) is 13.2 Å². The van der Waals surface area contributed by atoms with Crippen molar-refractivity contribution in [1.29, 1.82) is 0 Å². The van der Waals surface area contributed by atoms with Crippen molar-refractivity contribution < 1.29 is 13.2 Å². The highest BCUT2D eigenvalue weighted by Crippen LogP contribution is 2.36. The van der Waals surface area contributed by atoms with Gasteiger partial charge in [0.05, 0.1) is 4.83 Å². The molecule has 0 aliphatic heterocycles. The summed E-state index contributed by atoms with van der Waals surface area (Å²) in [5, 5.41) is 0. The average molecular weight is 343 g/mol. The van der Waals surface area contributed by atoms with Gasteiger partial charge in [-0.1, -0.05) is 33.6 Å². The summed E-state index contributed by atoms with van der Waals surface area (Å²) in [6.45, 7) is 5.88. The molecular weight excluding hydrogens is 329 g/mol. The lowest BCUT2D eigenvalue weighted by molar-refractivity contribution is 0.445. The van der Waals surface area contributed by atoms with Crippen LogP contribution in [0, 0.1) is 38.2 Å². The van der Waals surface area contributed by atoms with Crippen LogP contribution in [0.4, 0.5) is 13.2 Å². The normalized spacial score (nSPS) is 12.6. The number of benzene rings is 2. The molecule has 2 aromatic rings. The van der Waals surface area contributed by atoms with Gasteiger partial charge in [-0.15, -0.1) is 0 Å². The van der Waals surface area contributed by atoms with Gasteiger partial charge < -0.3 is 0 Å². The van der Waals surface area contributed by atoms with E-state index in [1.807, 2.05) is 32.9 Å². The van der Waals surface area contributed by atoms with Crippen LogP contribution < -0.4 is 0 Å². The van der Waals surface area contributed by atoms with Crippen molar-refractivity contribution in [1.82, 2.24) is 0 Å². The average Bonchev–Trinajstić information content (AvgIpc) is 2.33. The van der Waals surface area contributed by atoms with Gasteiger partial charge in [0.1, 0.15) is 0 Å². The topological polar surface area (TPSA) is 0 Å². The molecule has 0 spiro atoms. The molecule has 0 fully saturated rings. The Bertz CT molecular complexity index is 619. The predicted molar refractivity (Wildman–Crippen MR) is 77.7 cm³/mol. The first-order chi connectivity index (χ1) is 9.31. The highest BCUT2D eigenvalue weighted by Gasteiger charge is 2.19. The van der Waals surface area contributed by atoms with Crippen molar-refractivity contribution in [2.75, 3.05) is 0 Å². The van der Waals surface area contributed by atoms with Crippen molar-refractivity contribution in [2.45, 2.75) is 25.6 Å². The number of hydrogen-bond acceptors (Lipinski definition) is 0. The van der Waals surface area contributed by atoms with Crippen LogP contribution in [0.2, 0.25) is 0 Å². The quantitative estimate of drug-likeness (QED) is 0.498. The largest absolute Gasteiger partial charge is 0.204 e. The van der Waals surface area contributed by atoms with Crippen LogP contribution in [0.15, 0.2) is 24.3 Å². The van der Waals surface area contributed by atoms with E-state index in [-0.39, 0.29) is 4.83 Å². The maximum atomic E-state index is 13.3. The summed E-state index contributed by atoms with van der Waals surface area (Å²) in [6, 6.07) is 6.06. The lowest BCUT2D eigenvalue weighted by Gasteiger charge is -2.18. The molecule has 0 bridgehead atoms. The van der Waals surface area contributed by atoms with Gasteiger partial charge in [0.2, 0.25) is 0 Å². The van der Waals surface area contributed by atoms with Gasteiger partial charge in [-0.3, -0.25) is 0 Å². The molecule has 1 atom stereocenters. The highest BCUT2D eigenvalue weighted by atomic mass is 79.9. The molecule has 0 amide bonds. The Morgan fingerprint density at radius 1 is 0.850 bits per heavy atom. The van der Waals surface area contributed by atoms with Gasteiger partial charge in [-0.2, -0.15) is 0 Å². The lowest BCUT2D eigenvalue weighted by Crippen LogP contribution is -2.02. The van der Waals surface area contributed by atoms with Crippen LogP contribution in [0.1, 0.15) is 32.6 Å². The smallest absolute Gasteiger partial charge is 0.194 e. The summed E-state index contributed by atoms with van der Waals surface area (Å²) >= 11 is 3.46. The molecule has 1 unspecified atom stereocenters. The van der Waals surface area contributed by atoms with E-state index in [4.69, 9.17) is 0 Å². The number of rotatable bonds is 2. The summed E-state index contributed by atoms with van der Waals surface area (Å²) in [5.74, 6) is -3.79. The maximum Gasteiger partial charge on any atom is 0.194 e. The van der Waals surface area contributed by atoms with Crippen LogP contribution >= 0.6 is 15.9 Å². The molecule has 0 nitrogen and oxygen atoms in total. The Hall–Kier alpha value is -1.29. The first kappa shape index (κ1) is 15.1. The van der Waals surface area contributed by atoms with Crippen molar-refractivity contribution >= 4 is 15.9 Å². The zero-order valence-corrected chi connectivity index (χ0v) is 13.0. The summed E-state index contributed by atoms with van der Waals surface area (Å²) in [5.41, 5.74) is 4.47. The zero-order valence-electron chi connectivity index (χ0n) is 11.4. The van der Waals surface area contributed by atoms with E-state index in [2.05, 4.69) is 15.9 Å². The first-order valence-electron chi connectivity index (χ1n) is 6.17. The predicted octanol–water partition coefficient (Wildman–Crippen LogP) is 5.51. The monoisotopic (exact) mass is 342 g/mol. The fraction of sp³-hybridized carbons (Fsp3) is 0.250. The lowest BCUT2D eigenvalue weighted by atomic mass is 9.94. The number of hydrogen-bond donors (Lipinski definition) is 0. The molecule has 0 radical (unpaired) electrons. The van der Waals surface area contributed by atoms with Crippen LogP contribution in [0.3, 0.4) is 0 Å². The van der Waals surface area contributed by atoms with E-state index >= 15 is 0 Å². The van der Waals surface area contributed by atoms with Crippen LogP contribution in [-0.2, 0) is 0 Å². The SMILES string of the molecule is Cc1cc(C)c(C(Br)c2cc(F)c(F)c(F)c2)c(C)c1. The highest BCUT2D eigenvalue weighted by molar-refractivity contribution is 9.09. The maximum absolute atomic E-state index is 13.3. The minimum atomic E-state index is -1.44. The molecule has 0 aromatic heterocycles. The second-order valence-electron chi connectivity index (χ2n) is 4.97. The fourth-order valence-electron chi connectivity index (χ4n) is 2.48. The van der Waals surface area contributed by atoms with E-state index in [0.29, 0.717) is 5.56 Å². The second kappa shape index (κ2) is 5.60. The van der Waals surface area contributed by atoms with Crippen molar-refractivity contribution in [3.8, 4) is 0 Å². The van der Waals surface area contributed by atoms with Gasteiger partial charge in [-0.25, -0.2) is 13.2 Å². The Morgan fingerprint density at radius 2 is 1.30 bits per heavy atom. The Balaban J connectivity index is 2.55. The number of halogens is 4. The molecule has 20 heavy (non-hydrogen) atoms. The van der Waals surface area contributed by atoms with Crippen molar-refractivity contribution in [3.05, 3.63) is 69.5 Å². The molecule has 0 aliphatic rings. The van der Waals surface area contributed by atoms with Gasteiger partial charge in [-0.05, 0) is 55.2 Å². The van der Waals surface area contributed by atoms with E-state index in [1.165, 1.54) is 0 Å². The Labute approximate surface area is 124 Å². The van der Waals surface area contributed by atoms with Crippen molar-refractivity contribution in [2.24, 2.45) is 0 Å². The fourth-order valence-corrected chi connectivity index (χ4v) is 3.47. The van der Waals surface area contributed by atoms with Gasteiger partial charge in [0, 0.05) is 0 Å². The molecule has 2 rings (SSSR count). The van der Waals surface area contributed by atoms with Gasteiger partial charge >= 0.3 is 0 Å². The minimum absolute atomic E-state index is 0.358. The van der Waals surface area contributed by atoms with E-state index < -0.39 is 17.5 Å². The molecule has 0 aliphatic carbocycles. The molecule has 0 saturated heterocycles. The third-order valence-corrected chi connectivity index (χ3v) is 4.28. The van der Waals surface area contributed by atoms with Gasteiger partial charge in [0.25, 0.3) is 0 Å². The van der Waals surface area contributed by atoms with Crippen molar-refractivity contribution in [3.63, 3.8) is 0 Å². The summed E-state index contributed by atoms with van der Waals surface area (Å²) in [4.78, 5) is -0.382. The van der Waals surface area contributed by atoms with Crippen LogP contribution in [0.5, 0.6) is 0 Å². The van der Waals surface area contributed by atoms with Gasteiger partial charge in [0.15, 0.2) is 17.5 Å². The molecule has 0 heterocycles. The second-order valence-corrected chi connectivity index (χ2v) is 5.89. The molecule has 0 N–H and O–H groups in total.